The fourth-order valence-corrected chi connectivity index (χ4v) is 9.88. The summed E-state index contributed by atoms with van der Waals surface area (Å²) in [6.07, 6.45) is -4.63. The van der Waals surface area contributed by atoms with Crippen LogP contribution >= 0.6 is 0 Å². The Bertz CT molecular complexity index is 2730. The molecule has 0 aromatic heterocycles. The van der Waals surface area contributed by atoms with Crippen LogP contribution in [0.2, 0.25) is 0 Å². The Balaban J connectivity index is 1.00. The lowest BCUT2D eigenvalue weighted by Crippen LogP contribution is -2.51. The van der Waals surface area contributed by atoms with Crippen LogP contribution in [0.3, 0.4) is 0 Å². The number of ether oxygens (including phenoxy) is 8. The molecule has 4 amide bonds. The minimum atomic E-state index is -0.794. The molecule has 4 heterocycles. The molecule has 0 saturated heterocycles. The molecule has 4 aromatic carbocycles. The van der Waals surface area contributed by atoms with Crippen LogP contribution in [-0.4, -0.2) is 128 Å². The van der Waals surface area contributed by atoms with Crippen molar-refractivity contribution in [3.63, 3.8) is 0 Å². The van der Waals surface area contributed by atoms with Crippen molar-refractivity contribution in [2.45, 2.75) is 116 Å². The summed E-state index contributed by atoms with van der Waals surface area (Å²) in [5.41, 5.74) is 20.1. The van der Waals surface area contributed by atoms with Gasteiger partial charge in [-0.2, -0.15) is 0 Å². The summed E-state index contributed by atoms with van der Waals surface area (Å²) in [7, 11) is 5.40. The number of nitrogens with zero attached hydrogens (tertiary/aromatic N) is 5. The third-order valence-electron chi connectivity index (χ3n) is 14.7. The molecule has 20 nitrogen and oxygen atoms in total. The topological polar surface area (TPSA) is 222 Å². The average molecular weight is 1040 g/mol. The standard InChI is InChI=1S/C55H72N8O12/c1-11-59(8)52(64)72-36-15-19-40-34(23-36)28-68-30-46(40)61(10)27-47-42-21-17-39(73-53(65)60(9)12-2)26-45(42)50(33(7)70-47)58-51-43-22-18-38(25-44(43)49(57)32(6)71-51)75-55(67)63(14-4)62(13-3)54(66)74-37-16-20-41-35(24-37)29-69-31(5)48(41)56/h15-26,31-33,46-51,58H,11-14,27-30,56-57H2,1-10H3/t31-,32+,33-,46?,47?,48-,49-,50?,51?/m1/s1. The molecule has 0 spiro atoms. The molecule has 0 bridgehead atoms. The molecule has 0 saturated carbocycles. The molecule has 8 rings (SSSR count). The van der Waals surface area contributed by atoms with E-state index in [1.807, 2.05) is 84.1 Å². The molecule has 4 aromatic rings. The van der Waals surface area contributed by atoms with Gasteiger partial charge in [-0.1, -0.05) is 24.3 Å². The van der Waals surface area contributed by atoms with E-state index in [9.17, 15) is 19.2 Å². The smallest absolute Gasteiger partial charge is 0.410 e. The van der Waals surface area contributed by atoms with Gasteiger partial charge in [0.05, 0.1) is 68.4 Å². The van der Waals surface area contributed by atoms with Gasteiger partial charge in [0.25, 0.3) is 0 Å². The summed E-state index contributed by atoms with van der Waals surface area (Å²) in [6.45, 7) is 15.9. The van der Waals surface area contributed by atoms with E-state index < -0.39 is 61.0 Å². The zero-order chi connectivity index (χ0) is 53.8. The maximum absolute atomic E-state index is 13.9. The van der Waals surface area contributed by atoms with Crippen LogP contribution in [0.4, 0.5) is 19.2 Å². The van der Waals surface area contributed by atoms with E-state index in [2.05, 4.69) is 10.2 Å². The predicted molar refractivity (Wildman–Crippen MR) is 277 cm³/mol. The van der Waals surface area contributed by atoms with Gasteiger partial charge in [-0.25, -0.2) is 29.2 Å². The van der Waals surface area contributed by atoms with E-state index in [0.717, 1.165) is 38.9 Å². The minimum Gasteiger partial charge on any atom is -0.410 e. The minimum absolute atomic E-state index is 0.103. The SMILES string of the molecule is CCN(C)C(=O)Oc1ccc2c(c1)COCC2N(C)CC1O[C@H](C)C(NC2O[C@@H](C)[C@@H](N)c3cc(OC(=O)N(CC)N(CC)C(=O)Oc4ccc5c(c4)CO[C@H](C)[C@H]5N)ccc32)c2cc(OC(=O)N(C)CC)ccc21. The number of rotatable bonds is 13. The molecule has 4 unspecified atom stereocenters. The lowest BCUT2D eigenvalue weighted by Gasteiger charge is -2.43. The van der Waals surface area contributed by atoms with Crippen LogP contribution < -0.4 is 35.7 Å². The summed E-state index contributed by atoms with van der Waals surface area (Å²) in [5, 5.41) is 6.08. The molecular formula is C55H72N8O12. The maximum atomic E-state index is 13.9. The van der Waals surface area contributed by atoms with Gasteiger partial charge in [-0.3, -0.25) is 10.2 Å². The Labute approximate surface area is 438 Å². The van der Waals surface area contributed by atoms with Gasteiger partial charge < -0.3 is 59.2 Å². The molecule has 20 heteroatoms. The van der Waals surface area contributed by atoms with Gasteiger partial charge in [0.2, 0.25) is 0 Å². The molecule has 9 atom stereocenters. The van der Waals surface area contributed by atoms with Crippen molar-refractivity contribution in [1.82, 2.24) is 30.0 Å². The fourth-order valence-electron chi connectivity index (χ4n) is 9.88. The Morgan fingerprint density at radius 2 is 1.05 bits per heavy atom. The molecule has 0 aliphatic carbocycles. The summed E-state index contributed by atoms with van der Waals surface area (Å²) < 4.78 is 48.6. The van der Waals surface area contributed by atoms with Crippen molar-refractivity contribution >= 4 is 24.4 Å². The maximum Gasteiger partial charge on any atom is 0.434 e. The lowest BCUT2D eigenvalue weighted by molar-refractivity contribution is -0.0931. The van der Waals surface area contributed by atoms with Crippen LogP contribution in [0.25, 0.3) is 0 Å². The van der Waals surface area contributed by atoms with Gasteiger partial charge in [0.1, 0.15) is 29.2 Å². The summed E-state index contributed by atoms with van der Waals surface area (Å²) in [5.74, 6) is 1.33. The third-order valence-corrected chi connectivity index (χ3v) is 14.7. The highest BCUT2D eigenvalue weighted by Gasteiger charge is 2.40. The number of hydrogen-bond donors (Lipinski definition) is 3. The van der Waals surface area contributed by atoms with Crippen molar-refractivity contribution in [2.24, 2.45) is 11.5 Å². The second-order valence-electron chi connectivity index (χ2n) is 19.5. The Hall–Kier alpha value is -6.36. The number of amides is 4. The van der Waals surface area contributed by atoms with Crippen molar-refractivity contribution in [2.75, 3.05) is 60.5 Å². The molecule has 4 aliphatic rings. The van der Waals surface area contributed by atoms with Crippen molar-refractivity contribution in [3.05, 3.63) is 117 Å². The van der Waals surface area contributed by atoms with E-state index in [0.29, 0.717) is 62.3 Å². The van der Waals surface area contributed by atoms with E-state index >= 15 is 0 Å². The molecule has 0 fully saturated rings. The monoisotopic (exact) mass is 1040 g/mol. The number of fused-ring (bicyclic) bond motifs is 4. The average Bonchev–Trinajstić information content (AvgIpc) is 3.40. The molecule has 404 valence electrons. The third kappa shape index (κ3) is 11.9. The van der Waals surface area contributed by atoms with Gasteiger partial charge >= 0.3 is 24.4 Å². The number of nitrogens with two attached hydrogens (primary N) is 2. The van der Waals surface area contributed by atoms with Crippen molar-refractivity contribution in [1.29, 1.82) is 0 Å². The fraction of sp³-hybridized carbons (Fsp3) is 0.491. The van der Waals surface area contributed by atoms with Crippen LogP contribution in [-0.2, 0) is 32.2 Å². The molecule has 0 radical (unpaired) electrons. The van der Waals surface area contributed by atoms with Crippen LogP contribution in [0.1, 0.15) is 129 Å². The number of nitrogens with one attached hydrogen (secondary N) is 1. The van der Waals surface area contributed by atoms with Crippen molar-refractivity contribution in [3.8, 4) is 23.0 Å². The first-order valence-electron chi connectivity index (χ1n) is 25.8. The zero-order valence-corrected chi connectivity index (χ0v) is 44.6. The summed E-state index contributed by atoms with van der Waals surface area (Å²) in [6, 6.07) is 20.2. The van der Waals surface area contributed by atoms with E-state index in [4.69, 9.17) is 49.4 Å². The number of likely N-dealkylation sites (N-methyl/N-ethyl adjacent to an activating group) is 1. The molecule has 4 aliphatic heterocycles. The number of carbonyl (C=O) groups excluding carboxylic acids is 4. The first-order valence-corrected chi connectivity index (χ1v) is 25.8. The number of hydrazine groups is 1. The van der Waals surface area contributed by atoms with E-state index in [-0.39, 0.29) is 37.0 Å². The number of benzene rings is 4. The molecule has 5 N–H and O–H groups in total. The quantitative estimate of drug-likeness (QED) is 0.107. The largest absolute Gasteiger partial charge is 0.434 e. The molecule has 75 heavy (non-hydrogen) atoms. The first kappa shape index (κ1) is 54.9. The summed E-state index contributed by atoms with van der Waals surface area (Å²) >= 11 is 0. The highest BCUT2D eigenvalue weighted by Crippen LogP contribution is 2.44. The number of carbonyl (C=O) groups is 4. The van der Waals surface area contributed by atoms with Crippen LogP contribution in [0.15, 0.2) is 72.8 Å². The van der Waals surface area contributed by atoms with Gasteiger partial charge in [-0.05, 0) is 143 Å². The van der Waals surface area contributed by atoms with Crippen molar-refractivity contribution < 1.29 is 57.1 Å². The van der Waals surface area contributed by atoms with E-state index in [1.54, 1.807) is 58.3 Å². The predicted octanol–water partition coefficient (Wildman–Crippen LogP) is 8.17. The zero-order valence-electron chi connectivity index (χ0n) is 44.6. The van der Waals surface area contributed by atoms with Crippen LogP contribution in [0, 0.1) is 0 Å². The highest BCUT2D eigenvalue weighted by molar-refractivity contribution is 5.77. The van der Waals surface area contributed by atoms with Crippen LogP contribution in [0.5, 0.6) is 23.0 Å². The van der Waals surface area contributed by atoms with E-state index in [1.165, 1.54) is 19.8 Å². The second-order valence-corrected chi connectivity index (χ2v) is 19.5. The Morgan fingerprint density at radius 3 is 1.63 bits per heavy atom. The Kier molecular flexibility index (Phi) is 17.3. The van der Waals surface area contributed by atoms with Gasteiger partial charge in [0.15, 0.2) is 0 Å². The normalized spacial score (nSPS) is 23.6. The van der Waals surface area contributed by atoms with Gasteiger partial charge in [0, 0.05) is 52.4 Å². The van der Waals surface area contributed by atoms with Gasteiger partial charge in [-0.15, -0.1) is 0 Å². The second kappa shape index (κ2) is 23.7. The highest BCUT2D eigenvalue weighted by atomic mass is 16.6. The summed E-state index contributed by atoms with van der Waals surface area (Å²) in [4.78, 5) is 58.3. The first-order chi connectivity index (χ1) is 35.9. The Morgan fingerprint density at radius 1 is 0.560 bits per heavy atom. The molecular weight excluding hydrogens is 965 g/mol. The number of hydrogen-bond acceptors (Lipinski definition) is 16. The lowest BCUT2D eigenvalue weighted by atomic mass is 9.88.